The third-order valence-corrected chi connectivity index (χ3v) is 6.41. The molecule has 3 aromatic heterocycles. The third-order valence-electron chi connectivity index (χ3n) is 6.41. The Kier molecular flexibility index (Phi) is 5.65. The molecule has 33 heavy (non-hydrogen) atoms. The lowest BCUT2D eigenvalue weighted by Crippen LogP contribution is -2.16. The second-order valence-corrected chi connectivity index (χ2v) is 8.86. The molecular weight excluding hydrogens is 416 g/mol. The molecule has 8 heteroatoms. The molecule has 1 amide bonds. The Labute approximate surface area is 192 Å². The molecule has 2 N–H and O–H groups in total. The van der Waals surface area contributed by atoms with E-state index in [1.54, 1.807) is 26.4 Å². The number of pyridine rings is 2. The number of methoxy groups -OCH3 is 1. The van der Waals surface area contributed by atoms with Gasteiger partial charge in [0.2, 0.25) is 5.91 Å². The highest BCUT2D eigenvalue weighted by atomic mass is 16.5. The molecule has 2 aliphatic rings. The fraction of sp³-hybridized carbons (Fsp3) is 0.400. The van der Waals surface area contributed by atoms with Gasteiger partial charge in [-0.2, -0.15) is 0 Å². The second kappa shape index (κ2) is 8.75. The minimum Gasteiger partial charge on any atom is -0.384 e. The number of fused-ring (bicyclic) bond motifs is 1. The van der Waals surface area contributed by atoms with E-state index in [1.165, 1.54) is 5.56 Å². The quantitative estimate of drug-likeness (QED) is 0.565. The van der Waals surface area contributed by atoms with Crippen molar-refractivity contribution in [1.82, 2.24) is 20.2 Å². The molecule has 0 unspecified atom stereocenters. The topological polar surface area (TPSA) is 102 Å². The van der Waals surface area contributed by atoms with E-state index in [1.807, 2.05) is 12.3 Å². The summed E-state index contributed by atoms with van der Waals surface area (Å²) in [5.74, 6) is 8.91. The lowest BCUT2D eigenvalue weighted by Gasteiger charge is -2.08. The maximum Gasteiger partial charge on any atom is 0.228 e. The number of hydrogen-bond acceptors (Lipinski definition) is 7. The van der Waals surface area contributed by atoms with E-state index in [-0.39, 0.29) is 11.8 Å². The molecule has 0 bridgehead atoms. The largest absolute Gasteiger partial charge is 0.384 e. The van der Waals surface area contributed by atoms with Gasteiger partial charge in [-0.1, -0.05) is 18.9 Å². The highest BCUT2D eigenvalue weighted by Crippen LogP contribution is 2.47. The van der Waals surface area contributed by atoms with Crippen molar-refractivity contribution < 1.29 is 9.53 Å². The van der Waals surface area contributed by atoms with Crippen molar-refractivity contribution in [3.63, 3.8) is 0 Å². The Morgan fingerprint density at radius 1 is 1.18 bits per heavy atom. The van der Waals surface area contributed by atoms with Crippen LogP contribution in [0.2, 0.25) is 0 Å². The minimum absolute atomic E-state index is 0.0145. The van der Waals surface area contributed by atoms with E-state index < -0.39 is 0 Å². The summed E-state index contributed by atoms with van der Waals surface area (Å²) in [5.41, 5.74) is 3.21. The Balaban J connectivity index is 1.40. The van der Waals surface area contributed by atoms with Gasteiger partial charge in [0.05, 0.1) is 5.56 Å². The van der Waals surface area contributed by atoms with Gasteiger partial charge in [0.15, 0.2) is 11.6 Å². The van der Waals surface area contributed by atoms with Crippen molar-refractivity contribution in [2.24, 2.45) is 17.8 Å². The van der Waals surface area contributed by atoms with E-state index in [4.69, 9.17) is 4.74 Å². The van der Waals surface area contributed by atoms with E-state index in [9.17, 15) is 4.79 Å². The zero-order chi connectivity index (χ0) is 22.9. The first-order valence-corrected chi connectivity index (χ1v) is 11.2. The monoisotopic (exact) mass is 442 g/mol. The molecule has 3 heterocycles. The van der Waals surface area contributed by atoms with Gasteiger partial charge in [-0.15, -0.1) is 10.2 Å². The number of hydrogen-bond donors (Lipinski definition) is 2. The maximum atomic E-state index is 12.3. The van der Waals surface area contributed by atoms with Crippen LogP contribution in [0.3, 0.4) is 0 Å². The summed E-state index contributed by atoms with van der Waals surface area (Å²) < 4.78 is 5.24. The fourth-order valence-corrected chi connectivity index (χ4v) is 4.17. The van der Waals surface area contributed by atoms with Crippen LogP contribution >= 0.6 is 0 Å². The van der Waals surface area contributed by atoms with Crippen LogP contribution < -0.4 is 10.6 Å². The molecule has 2 saturated carbocycles. The summed E-state index contributed by atoms with van der Waals surface area (Å²) >= 11 is 0. The van der Waals surface area contributed by atoms with Gasteiger partial charge >= 0.3 is 0 Å². The molecule has 0 radical (unpaired) electrons. The first-order valence-electron chi connectivity index (χ1n) is 11.2. The van der Waals surface area contributed by atoms with E-state index >= 15 is 0 Å². The van der Waals surface area contributed by atoms with Crippen LogP contribution in [0.25, 0.3) is 10.9 Å². The van der Waals surface area contributed by atoms with Crippen LogP contribution in [0.1, 0.15) is 42.5 Å². The van der Waals surface area contributed by atoms with E-state index in [2.05, 4.69) is 55.6 Å². The Hall–Kier alpha value is -3.57. The van der Waals surface area contributed by atoms with Crippen molar-refractivity contribution in [2.45, 2.75) is 25.7 Å². The van der Waals surface area contributed by atoms with Crippen LogP contribution in [0.5, 0.6) is 0 Å². The minimum atomic E-state index is -0.0145. The van der Waals surface area contributed by atoms with Gasteiger partial charge in [0.25, 0.3) is 0 Å². The molecule has 0 spiro atoms. The standard InChI is InChI=1S/C25H26N6O2/c1-14-8-19(14)25(32)29-22-10-21-16(12-28-24(26-2)23(21)31-30-22)5-7-18-6-4-15(11-27-18)20-9-17(20)13-33-3/h4,6,10-12,14,17,19-20H,8-9,13H2,1-3H3,(H,26,28)(H,29,30,32)/t14-,17-,19+,20-/m1/s1. The zero-order valence-electron chi connectivity index (χ0n) is 18.9. The van der Waals surface area contributed by atoms with Crippen molar-refractivity contribution in [3.8, 4) is 11.8 Å². The zero-order valence-corrected chi connectivity index (χ0v) is 18.9. The Morgan fingerprint density at radius 2 is 2.03 bits per heavy atom. The third kappa shape index (κ3) is 4.50. The smallest absolute Gasteiger partial charge is 0.228 e. The van der Waals surface area contributed by atoms with Gasteiger partial charge in [0.1, 0.15) is 11.2 Å². The average molecular weight is 443 g/mol. The van der Waals surface area contributed by atoms with Crippen molar-refractivity contribution in [1.29, 1.82) is 0 Å². The van der Waals surface area contributed by atoms with Crippen molar-refractivity contribution in [2.75, 3.05) is 31.4 Å². The van der Waals surface area contributed by atoms with Gasteiger partial charge in [-0.25, -0.2) is 9.97 Å². The molecular formula is C25H26N6O2. The number of anilines is 2. The lowest BCUT2D eigenvalue weighted by molar-refractivity contribution is -0.117. The summed E-state index contributed by atoms with van der Waals surface area (Å²) in [6, 6.07) is 5.85. The number of carbonyl (C=O) groups is 1. The lowest BCUT2D eigenvalue weighted by atomic mass is 10.1. The van der Waals surface area contributed by atoms with Crippen LogP contribution in [-0.2, 0) is 9.53 Å². The SMILES string of the molecule is CNc1ncc(C#Cc2ccc([C@H]3C[C@@H]3COC)cn2)c2cc(NC(=O)[C@H]3C[C@H]3C)nnc12. The Bertz CT molecular complexity index is 1260. The number of nitrogens with zero attached hydrogens (tertiary/aromatic N) is 4. The highest BCUT2D eigenvalue weighted by Gasteiger charge is 2.39. The van der Waals surface area contributed by atoms with Gasteiger partial charge in [0, 0.05) is 44.5 Å². The number of ether oxygens (including phenoxy) is 1. The summed E-state index contributed by atoms with van der Waals surface area (Å²) in [6.45, 7) is 2.86. The predicted molar refractivity (Wildman–Crippen MR) is 126 cm³/mol. The average Bonchev–Trinajstić information content (AvgIpc) is 3.75. The van der Waals surface area contributed by atoms with Gasteiger partial charge in [-0.3, -0.25) is 4.79 Å². The first kappa shape index (κ1) is 21.3. The van der Waals surface area contributed by atoms with E-state index in [0.29, 0.717) is 46.2 Å². The second-order valence-electron chi connectivity index (χ2n) is 8.86. The molecule has 168 valence electrons. The van der Waals surface area contributed by atoms with Crippen molar-refractivity contribution >= 4 is 28.4 Å². The number of carbonyl (C=O) groups excluding carboxylic acids is 1. The fourth-order valence-electron chi connectivity index (χ4n) is 4.17. The first-order chi connectivity index (χ1) is 16.1. The van der Waals surface area contributed by atoms with Gasteiger partial charge in [-0.05, 0) is 54.2 Å². The molecule has 8 nitrogen and oxygen atoms in total. The molecule has 2 fully saturated rings. The van der Waals surface area contributed by atoms with Crippen LogP contribution in [-0.4, -0.2) is 46.8 Å². The molecule has 0 saturated heterocycles. The van der Waals surface area contributed by atoms with E-state index in [0.717, 1.165) is 24.8 Å². The molecule has 4 atom stereocenters. The summed E-state index contributed by atoms with van der Waals surface area (Å²) in [6.07, 6.45) is 5.67. The number of rotatable bonds is 6. The normalized spacial score (nSPS) is 22.9. The molecule has 0 aliphatic heterocycles. The molecule has 3 aromatic rings. The summed E-state index contributed by atoms with van der Waals surface area (Å²) in [7, 11) is 3.52. The molecule has 0 aromatic carbocycles. The summed E-state index contributed by atoms with van der Waals surface area (Å²) in [5, 5.41) is 15.1. The number of amides is 1. The highest BCUT2D eigenvalue weighted by molar-refractivity contribution is 5.97. The van der Waals surface area contributed by atoms with Crippen LogP contribution in [0.4, 0.5) is 11.6 Å². The predicted octanol–water partition coefficient (Wildman–Crippen LogP) is 3.21. The van der Waals surface area contributed by atoms with Crippen LogP contribution in [0, 0.1) is 29.6 Å². The molecule has 2 aliphatic carbocycles. The summed E-state index contributed by atoms with van der Waals surface area (Å²) in [4.78, 5) is 21.3. The Morgan fingerprint density at radius 3 is 2.73 bits per heavy atom. The maximum absolute atomic E-state index is 12.3. The van der Waals surface area contributed by atoms with Gasteiger partial charge < -0.3 is 15.4 Å². The molecule has 5 rings (SSSR count). The number of nitrogens with one attached hydrogen (secondary N) is 2. The number of aromatic nitrogens is 4. The van der Waals surface area contributed by atoms with Crippen LogP contribution in [0.15, 0.2) is 30.6 Å². The van der Waals surface area contributed by atoms with Crippen molar-refractivity contribution in [3.05, 3.63) is 47.4 Å².